The molecule has 18 heavy (non-hydrogen) atoms. The summed E-state index contributed by atoms with van der Waals surface area (Å²) in [5.41, 5.74) is 7.67. The number of methoxy groups -OCH3 is 1. The van der Waals surface area contributed by atoms with Gasteiger partial charge in [-0.15, -0.1) is 0 Å². The molecule has 0 saturated carbocycles. The quantitative estimate of drug-likeness (QED) is 0.637. The van der Waals surface area contributed by atoms with Crippen LogP contribution >= 0.6 is 11.8 Å². The van der Waals surface area contributed by atoms with Crippen molar-refractivity contribution in [3.63, 3.8) is 0 Å². The lowest BCUT2D eigenvalue weighted by Gasteiger charge is -2.09. The van der Waals surface area contributed by atoms with Gasteiger partial charge in [0.2, 0.25) is 0 Å². The number of hydrogen-bond acceptors (Lipinski definition) is 4. The molecule has 0 aromatic heterocycles. The van der Waals surface area contributed by atoms with E-state index in [1.54, 1.807) is 17.8 Å². The molecule has 0 heterocycles. The zero-order valence-corrected chi connectivity index (χ0v) is 11.4. The van der Waals surface area contributed by atoms with Crippen LogP contribution in [0.15, 0.2) is 18.2 Å². The summed E-state index contributed by atoms with van der Waals surface area (Å²) in [6.07, 6.45) is 0.581. The van der Waals surface area contributed by atoms with E-state index in [-0.39, 0.29) is 11.8 Å². The minimum Gasteiger partial charge on any atom is -0.468 e. The molecule has 1 rings (SSSR count). The van der Waals surface area contributed by atoms with Gasteiger partial charge in [0, 0.05) is 5.75 Å². The second-order valence-corrected chi connectivity index (χ2v) is 5.15. The summed E-state index contributed by atoms with van der Waals surface area (Å²) in [5.74, 6) is 0.968. The number of rotatable bonds is 6. The molecule has 0 bridgehead atoms. The summed E-state index contributed by atoms with van der Waals surface area (Å²) in [6.45, 7) is 1.89. The third-order valence-corrected chi connectivity index (χ3v) is 3.68. The maximum Gasteiger partial charge on any atom is 0.322 e. The first kappa shape index (κ1) is 15.0. The standard InChI is InChI=1S/C13H18FNO2S/c1-9-7-11(14)4-3-10(9)8-18-6-5-12(15)13(16)17-2/h3-4,7,12H,5-6,8,15H2,1-2H3. The van der Waals surface area contributed by atoms with Crippen LogP contribution in [0.1, 0.15) is 17.5 Å². The van der Waals surface area contributed by atoms with Crippen molar-refractivity contribution in [3.05, 3.63) is 35.1 Å². The fourth-order valence-electron chi connectivity index (χ4n) is 1.48. The maximum atomic E-state index is 12.9. The molecule has 1 aromatic carbocycles. The van der Waals surface area contributed by atoms with Crippen molar-refractivity contribution >= 4 is 17.7 Å². The van der Waals surface area contributed by atoms with Crippen LogP contribution in [0.5, 0.6) is 0 Å². The summed E-state index contributed by atoms with van der Waals surface area (Å²) in [7, 11) is 1.33. The summed E-state index contributed by atoms with van der Waals surface area (Å²) in [4.78, 5) is 11.1. The second-order valence-electron chi connectivity index (χ2n) is 4.04. The Labute approximate surface area is 111 Å². The first-order valence-corrected chi connectivity index (χ1v) is 6.86. The second kappa shape index (κ2) is 7.38. The van der Waals surface area contributed by atoms with Crippen molar-refractivity contribution in [3.8, 4) is 0 Å². The van der Waals surface area contributed by atoms with Gasteiger partial charge in [-0.3, -0.25) is 4.79 Å². The zero-order valence-electron chi connectivity index (χ0n) is 10.6. The van der Waals surface area contributed by atoms with Gasteiger partial charge in [-0.05, 0) is 42.4 Å². The van der Waals surface area contributed by atoms with E-state index in [0.717, 1.165) is 22.6 Å². The zero-order chi connectivity index (χ0) is 13.5. The molecular formula is C13H18FNO2S. The molecular weight excluding hydrogens is 253 g/mol. The van der Waals surface area contributed by atoms with Gasteiger partial charge in [0.15, 0.2) is 0 Å². The maximum absolute atomic E-state index is 12.9. The minimum atomic E-state index is -0.559. The van der Waals surface area contributed by atoms with Gasteiger partial charge in [-0.2, -0.15) is 11.8 Å². The topological polar surface area (TPSA) is 52.3 Å². The molecule has 0 aliphatic rings. The first-order chi connectivity index (χ1) is 8.54. The number of thioether (sulfide) groups is 1. The van der Waals surface area contributed by atoms with Crippen LogP contribution in [0.3, 0.4) is 0 Å². The molecule has 3 nitrogen and oxygen atoms in total. The van der Waals surface area contributed by atoms with Gasteiger partial charge >= 0.3 is 5.97 Å². The average Bonchev–Trinajstić information content (AvgIpc) is 2.35. The number of carbonyl (C=O) groups is 1. The van der Waals surface area contributed by atoms with E-state index < -0.39 is 6.04 Å². The molecule has 0 fully saturated rings. The van der Waals surface area contributed by atoms with E-state index in [9.17, 15) is 9.18 Å². The molecule has 100 valence electrons. The SMILES string of the molecule is COC(=O)C(N)CCSCc1ccc(F)cc1C. The molecule has 1 unspecified atom stereocenters. The Balaban J connectivity index is 2.32. The van der Waals surface area contributed by atoms with Crippen LogP contribution in [0.4, 0.5) is 4.39 Å². The Bertz CT molecular complexity index is 412. The van der Waals surface area contributed by atoms with E-state index in [0.29, 0.717) is 6.42 Å². The lowest BCUT2D eigenvalue weighted by molar-refractivity contribution is -0.142. The van der Waals surface area contributed by atoms with Gasteiger partial charge in [-0.25, -0.2) is 4.39 Å². The Hall–Kier alpha value is -1.07. The van der Waals surface area contributed by atoms with E-state index >= 15 is 0 Å². The van der Waals surface area contributed by atoms with Gasteiger partial charge in [-0.1, -0.05) is 6.07 Å². The highest BCUT2D eigenvalue weighted by Gasteiger charge is 2.12. The van der Waals surface area contributed by atoms with Crippen LogP contribution in [-0.4, -0.2) is 24.9 Å². The number of aryl methyl sites for hydroxylation is 1. The minimum absolute atomic E-state index is 0.214. The molecule has 0 aliphatic heterocycles. The number of benzene rings is 1. The predicted octanol–water partition coefficient (Wildman–Crippen LogP) is 2.26. The van der Waals surface area contributed by atoms with Crippen LogP contribution in [-0.2, 0) is 15.3 Å². The van der Waals surface area contributed by atoms with Gasteiger partial charge < -0.3 is 10.5 Å². The summed E-state index contributed by atoms with van der Waals surface area (Å²) in [5, 5.41) is 0. The molecule has 1 aromatic rings. The average molecular weight is 271 g/mol. The Morgan fingerprint density at radius 1 is 1.56 bits per heavy atom. The molecule has 0 radical (unpaired) electrons. The number of nitrogens with two attached hydrogens (primary N) is 1. The predicted molar refractivity (Wildman–Crippen MR) is 71.9 cm³/mol. The van der Waals surface area contributed by atoms with Crippen molar-refractivity contribution in [2.24, 2.45) is 5.73 Å². The Morgan fingerprint density at radius 2 is 2.28 bits per heavy atom. The van der Waals surface area contributed by atoms with E-state index in [4.69, 9.17) is 5.73 Å². The monoisotopic (exact) mass is 271 g/mol. The Morgan fingerprint density at radius 3 is 2.89 bits per heavy atom. The fraction of sp³-hybridized carbons (Fsp3) is 0.462. The van der Waals surface area contributed by atoms with Crippen molar-refractivity contribution < 1.29 is 13.9 Å². The number of halogens is 1. The number of hydrogen-bond donors (Lipinski definition) is 1. The van der Waals surface area contributed by atoms with Crippen LogP contribution in [0.2, 0.25) is 0 Å². The summed E-state index contributed by atoms with van der Waals surface area (Å²) >= 11 is 1.67. The largest absolute Gasteiger partial charge is 0.468 e. The summed E-state index contributed by atoms with van der Waals surface area (Å²) in [6, 6.07) is 4.22. The summed E-state index contributed by atoms with van der Waals surface area (Å²) < 4.78 is 17.4. The van der Waals surface area contributed by atoms with Crippen molar-refractivity contribution in [1.29, 1.82) is 0 Å². The van der Waals surface area contributed by atoms with Crippen LogP contribution in [0, 0.1) is 12.7 Å². The van der Waals surface area contributed by atoms with Crippen LogP contribution in [0.25, 0.3) is 0 Å². The smallest absolute Gasteiger partial charge is 0.322 e. The number of ether oxygens (including phenoxy) is 1. The highest BCUT2D eigenvalue weighted by molar-refractivity contribution is 7.98. The lowest BCUT2D eigenvalue weighted by Crippen LogP contribution is -2.31. The van der Waals surface area contributed by atoms with Gasteiger partial charge in [0.1, 0.15) is 11.9 Å². The molecule has 5 heteroatoms. The fourth-order valence-corrected chi connectivity index (χ4v) is 2.59. The third-order valence-electron chi connectivity index (χ3n) is 2.64. The van der Waals surface area contributed by atoms with Crippen molar-refractivity contribution in [2.75, 3.05) is 12.9 Å². The van der Waals surface area contributed by atoms with E-state index in [2.05, 4.69) is 4.74 Å². The lowest BCUT2D eigenvalue weighted by atomic mass is 10.1. The molecule has 0 spiro atoms. The van der Waals surface area contributed by atoms with Gasteiger partial charge in [0.05, 0.1) is 7.11 Å². The van der Waals surface area contributed by atoms with E-state index in [1.165, 1.54) is 19.2 Å². The highest BCUT2D eigenvalue weighted by Crippen LogP contribution is 2.18. The van der Waals surface area contributed by atoms with Gasteiger partial charge in [0.25, 0.3) is 0 Å². The normalized spacial score (nSPS) is 12.2. The molecule has 0 saturated heterocycles. The molecule has 0 amide bonds. The first-order valence-electron chi connectivity index (χ1n) is 5.70. The third kappa shape index (κ3) is 4.66. The number of esters is 1. The molecule has 2 N–H and O–H groups in total. The Kier molecular flexibility index (Phi) is 6.15. The molecule has 1 atom stereocenters. The highest BCUT2D eigenvalue weighted by atomic mass is 32.2. The van der Waals surface area contributed by atoms with E-state index in [1.807, 2.05) is 6.92 Å². The van der Waals surface area contributed by atoms with Crippen molar-refractivity contribution in [1.82, 2.24) is 0 Å². The molecule has 0 aliphatic carbocycles. The van der Waals surface area contributed by atoms with Crippen molar-refractivity contribution in [2.45, 2.75) is 25.1 Å². The van der Waals surface area contributed by atoms with Crippen LogP contribution < -0.4 is 5.73 Å². The number of carbonyl (C=O) groups excluding carboxylic acids is 1.